The van der Waals surface area contributed by atoms with E-state index in [1.54, 1.807) is 4.90 Å². The van der Waals surface area contributed by atoms with Gasteiger partial charge in [-0.15, -0.1) is 0 Å². The third kappa shape index (κ3) is 4.78. The minimum Gasteiger partial charge on any atom is -0.467 e. The van der Waals surface area contributed by atoms with E-state index in [9.17, 15) is 9.59 Å². The van der Waals surface area contributed by atoms with Gasteiger partial charge in [0.2, 0.25) is 0 Å². The van der Waals surface area contributed by atoms with Crippen molar-refractivity contribution < 1.29 is 19.1 Å². The van der Waals surface area contributed by atoms with E-state index < -0.39 is 5.60 Å². The minimum atomic E-state index is -0.474. The topological polar surface area (TPSA) is 59.1 Å². The Morgan fingerprint density at radius 3 is 2.43 bits per heavy atom. The Hall–Kier alpha value is -2.68. The molecule has 0 unspecified atom stereocenters. The number of carbonyl (C=O) groups is 2. The van der Waals surface area contributed by atoms with Gasteiger partial charge in [-0.1, -0.05) is 11.8 Å². The SMILES string of the molecule is COC(=O)[C@H]1CCCN1c1ccc(C#CC2CN(C(=O)OC(C)(C)C)C2)cc1. The summed E-state index contributed by atoms with van der Waals surface area (Å²) >= 11 is 0. The molecule has 0 N–H and O–H groups in total. The molecule has 0 saturated carbocycles. The first-order chi connectivity index (χ1) is 13.3. The van der Waals surface area contributed by atoms with Gasteiger partial charge in [-0.3, -0.25) is 0 Å². The van der Waals surface area contributed by atoms with Crippen LogP contribution in [0.3, 0.4) is 0 Å². The lowest BCUT2D eigenvalue weighted by Crippen LogP contribution is -2.51. The van der Waals surface area contributed by atoms with Crippen LogP contribution in [0.25, 0.3) is 0 Å². The third-order valence-electron chi connectivity index (χ3n) is 4.88. The fourth-order valence-electron chi connectivity index (χ4n) is 3.42. The zero-order valence-corrected chi connectivity index (χ0v) is 17.0. The van der Waals surface area contributed by atoms with E-state index >= 15 is 0 Å². The molecule has 2 aliphatic heterocycles. The number of amides is 1. The van der Waals surface area contributed by atoms with E-state index in [1.165, 1.54) is 7.11 Å². The second-order valence-electron chi connectivity index (χ2n) is 8.27. The number of hydrogen-bond donors (Lipinski definition) is 0. The average Bonchev–Trinajstić information content (AvgIpc) is 3.08. The van der Waals surface area contributed by atoms with Crippen LogP contribution in [0.1, 0.15) is 39.2 Å². The summed E-state index contributed by atoms with van der Waals surface area (Å²) in [5.74, 6) is 6.40. The normalized spacial score (nSPS) is 19.5. The number of carbonyl (C=O) groups excluding carboxylic acids is 2. The summed E-state index contributed by atoms with van der Waals surface area (Å²) in [7, 11) is 1.43. The van der Waals surface area contributed by atoms with Gasteiger partial charge < -0.3 is 19.3 Å². The molecule has 0 spiro atoms. The van der Waals surface area contributed by atoms with Crippen molar-refractivity contribution >= 4 is 17.7 Å². The molecule has 1 amide bonds. The lowest BCUT2D eigenvalue weighted by atomic mass is 10.0. The van der Waals surface area contributed by atoms with Gasteiger partial charge in [-0.2, -0.15) is 0 Å². The zero-order valence-electron chi connectivity index (χ0n) is 17.0. The van der Waals surface area contributed by atoms with Crippen LogP contribution < -0.4 is 4.90 Å². The van der Waals surface area contributed by atoms with Crippen LogP contribution in [0.4, 0.5) is 10.5 Å². The van der Waals surface area contributed by atoms with E-state index in [0.29, 0.717) is 13.1 Å². The summed E-state index contributed by atoms with van der Waals surface area (Å²) in [5.41, 5.74) is 1.46. The average molecular weight is 384 g/mol. The van der Waals surface area contributed by atoms with Crippen molar-refractivity contribution in [3.05, 3.63) is 29.8 Å². The van der Waals surface area contributed by atoms with E-state index in [0.717, 1.165) is 30.6 Å². The highest BCUT2D eigenvalue weighted by molar-refractivity contribution is 5.80. The fourth-order valence-corrected chi connectivity index (χ4v) is 3.42. The first kappa shape index (κ1) is 20.1. The van der Waals surface area contributed by atoms with Crippen molar-refractivity contribution in [3.8, 4) is 11.8 Å². The summed E-state index contributed by atoms with van der Waals surface area (Å²) < 4.78 is 10.3. The molecule has 2 saturated heterocycles. The van der Waals surface area contributed by atoms with Gasteiger partial charge in [0.05, 0.1) is 13.0 Å². The second kappa shape index (κ2) is 8.14. The maximum absolute atomic E-state index is 11.9. The van der Waals surface area contributed by atoms with Crippen molar-refractivity contribution in [2.45, 2.75) is 45.3 Å². The number of esters is 1. The minimum absolute atomic E-state index is 0.175. The molecule has 150 valence electrons. The summed E-state index contributed by atoms with van der Waals surface area (Å²) in [4.78, 5) is 27.6. The Kier molecular flexibility index (Phi) is 5.83. The number of nitrogens with zero attached hydrogens (tertiary/aromatic N) is 2. The van der Waals surface area contributed by atoms with E-state index in [2.05, 4.69) is 16.7 Å². The molecule has 6 heteroatoms. The predicted octanol–water partition coefficient (Wildman–Crippen LogP) is 3.05. The number of rotatable bonds is 2. The lowest BCUT2D eigenvalue weighted by molar-refractivity contribution is -0.141. The Morgan fingerprint density at radius 2 is 1.82 bits per heavy atom. The number of hydrogen-bond acceptors (Lipinski definition) is 5. The summed E-state index contributed by atoms with van der Waals surface area (Å²) in [6.45, 7) is 7.65. The van der Waals surface area contributed by atoms with Crippen LogP contribution in [0.15, 0.2) is 24.3 Å². The first-order valence-corrected chi connectivity index (χ1v) is 9.71. The molecule has 2 aliphatic rings. The molecule has 2 heterocycles. The van der Waals surface area contributed by atoms with Gasteiger partial charge in [0.1, 0.15) is 11.6 Å². The smallest absolute Gasteiger partial charge is 0.410 e. The Bertz CT molecular complexity index is 779. The number of ether oxygens (including phenoxy) is 2. The monoisotopic (exact) mass is 384 g/mol. The molecule has 6 nitrogen and oxygen atoms in total. The Labute approximate surface area is 166 Å². The van der Waals surface area contributed by atoms with Gasteiger partial charge in [-0.25, -0.2) is 9.59 Å². The number of anilines is 1. The molecule has 28 heavy (non-hydrogen) atoms. The quantitative estimate of drug-likeness (QED) is 0.579. The molecule has 2 fully saturated rings. The summed E-state index contributed by atoms with van der Waals surface area (Å²) in [6, 6.07) is 7.74. The molecule has 0 radical (unpaired) electrons. The van der Waals surface area contributed by atoms with Crippen molar-refractivity contribution in [1.29, 1.82) is 0 Å². The number of likely N-dealkylation sites (tertiary alicyclic amines) is 1. The van der Waals surface area contributed by atoms with Crippen molar-refractivity contribution in [2.75, 3.05) is 31.6 Å². The van der Waals surface area contributed by atoms with Gasteiger partial charge in [0.15, 0.2) is 0 Å². The van der Waals surface area contributed by atoms with Crippen LogP contribution in [0.5, 0.6) is 0 Å². The van der Waals surface area contributed by atoms with Crippen LogP contribution in [-0.4, -0.2) is 55.3 Å². The van der Waals surface area contributed by atoms with Crippen LogP contribution in [-0.2, 0) is 14.3 Å². The van der Waals surface area contributed by atoms with Gasteiger partial charge in [0.25, 0.3) is 0 Å². The van der Waals surface area contributed by atoms with Crippen molar-refractivity contribution in [1.82, 2.24) is 4.90 Å². The second-order valence-corrected chi connectivity index (χ2v) is 8.27. The van der Waals surface area contributed by atoms with E-state index in [1.807, 2.05) is 45.0 Å². The molecule has 0 aromatic heterocycles. The highest BCUT2D eigenvalue weighted by atomic mass is 16.6. The van der Waals surface area contributed by atoms with Crippen molar-refractivity contribution in [2.24, 2.45) is 5.92 Å². The van der Waals surface area contributed by atoms with Crippen LogP contribution >= 0.6 is 0 Å². The maximum atomic E-state index is 11.9. The number of benzene rings is 1. The molecule has 1 atom stereocenters. The molecule has 1 aromatic carbocycles. The Morgan fingerprint density at radius 1 is 1.14 bits per heavy atom. The maximum Gasteiger partial charge on any atom is 0.410 e. The predicted molar refractivity (Wildman–Crippen MR) is 107 cm³/mol. The Balaban J connectivity index is 1.54. The lowest BCUT2D eigenvalue weighted by Gasteiger charge is -2.37. The summed E-state index contributed by atoms with van der Waals surface area (Å²) in [5, 5.41) is 0. The first-order valence-electron chi connectivity index (χ1n) is 9.71. The van der Waals surface area contributed by atoms with Gasteiger partial charge in [0, 0.05) is 30.9 Å². The van der Waals surface area contributed by atoms with Gasteiger partial charge in [-0.05, 0) is 57.9 Å². The van der Waals surface area contributed by atoms with E-state index in [4.69, 9.17) is 9.47 Å². The molecule has 0 aliphatic carbocycles. The fraction of sp³-hybridized carbons (Fsp3) is 0.545. The zero-order chi connectivity index (χ0) is 20.3. The van der Waals surface area contributed by atoms with Crippen LogP contribution in [0, 0.1) is 17.8 Å². The highest BCUT2D eigenvalue weighted by Crippen LogP contribution is 2.26. The molecular formula is C22H28N2O4. The molecular weight excluding hydrogens is 356 g/mol. The molecule has 0 bridgehead atoms. The third-order valence-corrected chi connectivity index (χ3v) is 4.88. The van der Waals surface area contributed by atoms with Crippen molar-refractivity contribution in [3.63, 3.8) is 0 Å². The number of methoxy groups -OCH3 is 1. The van der Waals surface area contributed by atoms with Crippen LogP contribution in [0.2, 0.25) is 0 Å². The summed E-state index contributed by atoms with van der Waals surface area (Å²) in [6.07, 6.45) is 1.53. The van der Waals surface area contributed by atoms with Gasteiger partial charge >= 0.3 is 12.1 Å². The largest absolute Gasteiger partial charge is 0.467 e. The van der Waals surface area contributed by atoms with E-state index in [-0.39, 0.29) is 24.0 Å². The standard InChI is InChI=1S/C22H28N2O4/c1-22(2,3)28-21(26)23-14-17(15-23)8-7-16-9-11-18(12-10-16)24-13-5-6-19(24)20(25)27-4/h9-12,17,19H,5-6,13-15H2,1-4H3/t19-/m1/s1. The molecule has 3 rings (SSSR count). The molecule has 1 aromatic rings. The highest BCUT2D eigenvalue weighted by Gasteiger charge is 2.33.